The van der Waals surface area contributed by atoms with E-state index in [1.54, 1.807) is 36.7 Å². The third kappa shape index (κ3) is 6.82. The second-order valence-electron chi connectivity index (χ2n) is 8.96. The number of rotatable bonds is 8. The highest BCUT2D eigenvalue weighted by Gasteiger charge is 2.06. The summed E-state index contributed by atoms with van der Waals surface area (Å²) in [5, 5.41) is 8.16. The molecule has 0 aromatic heterocycles. The fourth-order valence-corrected chi connectivity index (χ4v) is 4.07. The molecule has 0 atom stereocenters. The minimum atomic E-state index is -0.298. The first-order valence-electron chi connectivity index (χ1n) is 12.7. The van der Waals surface area contributed by atoms with Gasteiger partial charge in [0.25, 0.3) is 11.8 Å². The maximum Gasteiger partial charge on any atom is 0.271 e. The van der Waals surface area contributed by atoms with Crippen molar-refractivity contribution in [3.63, 3.8) is 0 Å². The Morgan fingerprint density at radius 2 is 0.825 bits per heavy atom. The summed E-state index contributed by atoms with van der Waals surface area (Å²) in [4.78, 5) is 25.0. The molecule has 6 heteroatoms. The smallest absolute Gasteiger partial charge is 0.267 e. The van der Waals surface area contributed by atoms with Crippen LogP contribution in [-0.4, -0.2) is 24.2 Å². The molecule has 0 bridgehead atoms. The molecule has 0 unspecified atom stereocenters. The quantitative estimate of drug-likeness (QED) is 0.179. The molecule has 0 saturated heterocycles. The number of carbonyl (C=O) groups is 2. The van der Waals surface area contributed by atoms with Crippen LogP contribution < -0.4 is 10.9 Å². The summed E-state index contributed by atoms with van der Waals surface area (Å²) >= 11 is 0. The van der Waals surface area contributed by atoms with Gasteiger partial charge in [-0.2, -0.15) is 10.2 Å². The van der Waals surface area contributed by atoms with Gasteiger partial charge in [-0.25, -0.2) is 10.9 Å². The average molecular weight is 523 g/mol. The molecule has 194 valence electrons. The summed E-state index contributed by atoms with van der Waals surface area (Å²) in [5.74, 6) is -0.596. The van der Waals surface area contributed by atoms with Crippen LogP contribution in [-0.2, 0) is 0 Å². The molecule has 0 saturated carbocycles. The van der Waals surface area contributed by atoms with E-state index in [0.717, 1.165) is 33.4 Å². The molecule has 0 fully saturated rings. The lowest BCUT2D eigenvalue weighted by Gasteiger charge is -2.04. The Labute approximate surface area is 232 Å². The van der Waals surface area contributed by atoms with Crippen LogP contribution in [0.2, 0.25) is 0 Å². The molecular formula is C34H26N4O2. The monoisotopic (exact) mass is 522 g/mol. The normalized spacial score (nSPS) is 11.0. The molecule has 0 spiro atoms. The summed E-state index contributed by atoms with van der Waals surface area (Å²) in [6.45, 7) is 0. The lowest BCUT2D eigenvalue weighted by Crippen LogP contribution is -2.17. The van der Waals surface area contributed by atoms with Crippen molar-refractivity contribution >= 4 is 24.2 Å². The molecule has 5 aromatic carbocycles. The van der Waals surface area contributed by atoms with Gasteiger partial charge in [0.1, 0.15) is 0 Å². The largest absolute Gasteiger partial charge is 0.271 e. The predicted molar refractivity (Wildman–Crippen MR) is 160 cm³/mol. The van der Waals surface area contributed by atoms with E-state index in [9.17, 15) is 9.59 Å². The lowest BCUT2D eigenvalue weighted by atomic mass is 10.0. The van der Waals surface area contributed by atoms with E-state index in [1.807, 2.05) is 109 Å². The molecule has 6 nitrogen and oxygen atoms in total. The van der Waals surface area contributed by atoms with Gasteiger partial charge >= 0.3 is 0 Å². The molecular weight excluding hydrogens is 496 g/mol. The number of hydrogen-bond donors (Lipinski definition) is 2. The Morgan fingerprint density at radius 3 is 1.23 bits per heavy atom. The minimum Gasteiger partial charge on any atom is -0.267 e. The van der Waals surface area contributed by atoms with Crippen LogP contribution in [0.4, 0.5) is 0 Å². The molecule has 2 amide bonds. The minimum absolute atomic E-state index is 0.298. The van der Waals surface area contributed by atoms with E-state index < -0.39 is 0 Å². The molecule has 0 aliphatic carbocycles. The third-order valence-electron chi connectivity index (χ3n) is 6.18. The summed E-state index contributed by atoms with van der Waals surface area (Å²) in [5.41, 5.74) is 11.9. The number of nitrogens with zero attached hydrogens (tertiary/aromatic N) is 2. The molecule has 2 N–H and O–H groups in total. The Kier molecular flexibility index (Phi) is 8.29. The van der Waals surface area contributed by atoms with Crippen molar-refractivity contribution in [3.05, 3.63) is 156 Å². The highest BCUT2D eigenvalue weighted by molar-refractivity contribution is 5.96. The fourth-order valence-electron chi connectivity index (χ4n) is 4.07. The number of carbonyl (C=O) groups excluding carboxylic acids is 2. The number of hydrogen-bond acceptors (Lipinski definition) is 4. The molecule has 0 radical (unpaired) electrons. The van der Waals surface area contributed by atoms with Crippen LogP contribution in [0.3, 0.4) is 0 Å². The van der Waals surface area contributed by atoms with Gasteiger partial charge in [0.05, 0.1) is 12.4 Å². The maximum absolute atomic E-state index is 12.5. The second kappa shape index (κ2) is 12.8. The van der Waals surface area contributed by atoms with E-state index in [4.69, 9.17) is 0 Å². The standard InChI is InChI=1S/C34H26N4O2/c39-33(31-18-14-29(15-19-31)27-10-3-1-4-11-27)37-35-23-25-8-7-9-26(22-25)24-36-38-34(40)32-20-16-30(17-21-32)28-12-5-2-6-13-28/h1-24H,(H,37,39)(H,38,40). The van der Waals surface area contributed by atoms with Crippen molar-refractivity contribution in [2.24, 2.45) is 10.2 Å². The maximum atomic E-state index is 12.5. The van der Waals surface area contributed by atoms with Gasteiger partial charge in [0.15, 0.2) is 0 Å². The van der Waals surface area contributed by atoms with Crippen molar-refractivity contribution in [1.82, 2.24) is 10.9 Å². The van der Waals surface area contributed by atoms with Crippen LogP contribution in [0.15, 0.2) is 144 Å². The van der Waals surface area contributed by atoms with Crippen LogP contribution in [0.5, 0.6) is 0 Å². The number of benzene rings is 5. The molecule has 40 heavy (non-hydrogen) atoms. The van der Waals surface area contributed by atoms with Gasteiger partial charge in [0.2, 0.25) is 0 Å². The summed E-state index contributed by atoms with van der Waals surface area (Å²) in [7, 11) is 0. The first-order valence-corrected chi connectivity index (χ1v) is 12.7. The first-order chi connectivity index (χ1) is 19.7. The van der Waals surface area contributed by atoms with Gasteiger partial charge in [-0.15, -0.1) is 0 Å². The van der Waals surface area contributed by atoms with Crippen molar-refractivity contribution in [2.45, 2.75) is 0 Å². The number of amides is 2. The van der Waals surface area contributed by atoms with Gasteiger partial charge < -0.3 is 0 Å². The van der Waals surface area contributed by atoms with Gasteiger partial charge in [-0.3, -0.25) is 9.59 Å². The Bertz CT molecular complexity index is 1520. The van der Waals surface area contributed by atoms with Crippen molar-refractivity contribution < 1.29 is 9.59 Å². The van der Waals surface area contributed by atoms with E-state index >= 15 is 0 Å². The number of hydrazone groups is 2. The Hall–Kier alpha value is -5.62. The Balaban J connectivity index is 1.13. The van der Waals surface area contributed by atoms with Crippen LogP contribution >= 0.6 is 0 Å². The lowest BCUT2D eigenvalue weighted by molar-refractivity contribution is 0.0947. The summed E-state index contributed by atoms with van der Waals surface area (Å²) < 4.78 is 0. The molecule has 0 aliphatic heterocycles. The molecule has 0 aliphatic rings. The van der Waals surface area contributed by atoms with Crippen LogP contribution in [0.1, 0.15) is 31.8 Å². The third-order valence-corrected chi connectivity index (χ3v) is 6.18. The zero-order valence-corrected chi connectivity index (χ0v) is 21.6. The summed E-state index contributed by atoms with van der Waals surface area (Å²) in [6.07, 6.45) is 3.11. The van der Waals surface area contributed by atoms with E-state index in [0.29, 0.717) is 11.1 Å². The van der Waals surface area contributed by atoms with E-state index in [2.05, 4.69) is 21.1 Å². The van der Waals surface area contributed by atoms with Crippen LogP contribution in [0, 0.1) is 0 Å². The van der Waals surface area contributed by atoms with Crippen molar-refractivity contribution in [2.75, 3.05) is 0 Å². The van der Waals surface area contributed by atoms with Gasteiger partial charge in [-0.05, 0) is 63.7 Å². The SMILES string of the molecule is O=C(NN=Cc1cccc(C=NNC(=O)c2ccc(-c3ccccc3)cc2)c1)c1ccc(-c2ccccc2)cc1. The highest BCUT2D eigenvalue weighted by Crippen LogP contribution is 2.20. The van der Waals surface area contributed by atoms with Crippen molar-refractivity contribution in [1.29, 1.82) is 0 Å². The Morgan fingerprint density at radius 1 is 0.450 bits per heavy atom. The highest BCUT2D eigenvalue weighted by atomic mass is 16.2. The molecule has 5 rings (SSSR count). The van der Waals surface area contributed by atoms with Gasteiger partial charge in [-0.1, -0.05) is 103 Å². The van der Waals surface area contributed by atoms with Crippen molar-refractivity contribution in [3.8, 4) is 22.3 Å². The zero-order chi connectivity index (χ0) is 27.6. The summed E-state index contributed by atoms with van der Waals surface area (Å²) in [6, 6.07) is 42.1. The molecule has 0 heterocycles. The molecule has 5 aromatic rings. The second-order valence-corrected chi connectivity index (χ2v) is 8.96. The fraction of sp³-hybridized carbons (Fsp3) is 0. The topological polar surface area (TPSA) is 82.9 Å². The first kappa shape index (κ1) is 26.0. The van der Waals surface area contributed by atoms with Gasteiger partial charge in [0, 0.05) is 11.1 Å². The number of nitrogens with one attached hydrogen (secondary N) is 2. The zero-order valence-electron chi connectivity index (χ0n) is 21.6. The predicted octanol–water partition coefficient (Wildman–Crippen LogP) is 6.55. The van der Waals surface area contributed by atoms with E-state index in [-0.39, 0.29) is 11.8 Å². The van der Waals surface area contributed by atoms with E-state index in [1.165, 1.54) is 0 Å². The average Bonchev–Trinajstić information content (AvgIpc) is 3.02. The van der Waals surface area contributed by atoms with Crippen LogP contribution in [0.25, 0.3) is 22.3 Å².